The van der Waals surface area contributed by atoms with Crippen LogP contribution in [-0.4, -0.2) is 37.4 Å². The lowest BCUT2D eigenvalue weighted by Crippen LogP contribution is -2.30. The Kier molecular flexibility index (Phi) is 4.43. The third-order valence-electron chi connectivity index (χ3n) is 3.94. The molecule has 0 aliphatic rings. The second-order valence-corrected chi connectivity index (χ2v) is 6.33. The van der Waals surface area contributed by atoms with Gasteiger partial charge in [-0.3, -0.25) is 4.79 Å². The van der Waals surface area contributed by atoms with E-state index in [1.54, 1.807) is 40.9 Å². The zero-order valence-electron chi connectivity index (χ0n) is 13.4. The normalized spacial score (nSPS) is 12.4. The van der Waals surface area contributed by atoms with E-state index < -0.39 is 0 Å². The fourth-order valence-corrected chi connectivity index (χ4v) is 2.95. The fraction of sp³-hybridized carbons (Fsp3) is 0.250. The molecule has 1 amide bonds. The van der Waals surface area contributed by atoms with E-state index in [1.165, 1.54) is 0 Å². The molecule has 0 radical (unpaired) electrons. The second-order valence-electron chi connectivity index (χ2n) is 5.49. The van der Waals surface area contributed by atoms with Crippen molar-refractivity contribution in [2.45, 2.75) is 19.9 Å². The number of rotatable bonds is 3. The van der Waals surface area contributed by atoms with Crippen molar-refractivity contribution in [3.63, 3.8) is 0 Å². The molecule has 2 heterocycles. The molecular weight excluding hydrogens is 349 g/mol. The average Bonchev–Trinajstić information content (AvgIpc) is 2.98. The first-order chi connectivity index (χ1) is 11.4. The molecule has 0 N–H and O–H groups in total. The van der Waals surface area contributed by atoms with E-state index in [-0.39, 0.29) is 17.8 Å². The summed E-state index contributed by atoms with van der Waals surface area (Å²) in [5, 5.41) is 5.30. The van der Waals surface area contributed by atoms with Crippen molar-refractivity contribution in [3.05, 3.63) is 57.6 Å². The molecule has 3 aromatic rings. The van der Waals surface area contributed by atoms with Gasteiger partial charge in [0.1, 0.15) is 0 Å². The summed E-state index contributed by atoms with van der Waals surface area (Å²) < 4.78 is 1.54. The minimum atomic E-state index is -0.307. The Morgan fingerprint density at radius 3 is 2.71 bits per heavy atom. The molecule has 0 saturated carbocycles. The van der Waals surface area contributed by atoms with E-state index in [0.717, 1.165) is 11.3 Å². The summed E-state index contributed by atoms with van der Waals surface area (Å²) in [6, 6.07) is 6.75. The highest BCUT2D eigenvalue weighted by Gasteiger charge is 2.24. The molecule has 0 aliphatic heterocycles. The quantitative estimate of drug-likeness (QED) is 0.713. The number of halogens is 2. The number of hydrogen-bond acceptors (Lipinski definition) is 4. The maximum Gasteiger partial charge on any atom is 0.293 e. The third-order valence-corrected chi connectivity index (χ3v) is 4.50. The van der Waals surface area contributed by atoms with Gasteiger partial charge in [-0.1, -0.05) is 29.3 Å². The topological polar surface area (TPSA) is 63.4 Å². The minimum Gasteiger partial charge on any atom is -0.332 e. The highest BCUT2D eigenvalue weighted by atomic mass is 35.5. The highest BCUT2D eigenvalue weighted by Crippen LogP contribution is 2.29. The van der Waals surface area contributed by atoms with Crippen molar-refractivity contribution < 1.29 is 4.79 Å². The van der Waals surface area contributed by atoms with Crippen LogP contribution in [-0.2, 0) is 0 Å². The summed E-state index contributed by atoms with van der Waals surface area (Å²) in [6.07, 6.45) is 1.63. The van der Waals surface area contributed by atoms with E-state index in [1.807, 2.05) is 19.9 Å². The number of aromatic nitrogens is 4. The SMILES string of the molecule is Cc1ccnc2nc(C(=O)N(C)C(C)c3ccc(Cl)cc3Cl)nn12. The molecule has 124 valence electrons. The Hall–Kier alpha value is -2.18. The van der Waals surface area contributed by atoms with Crippen LogP contribution in [0.15, 0.2) is 30.5 Å². The average molecular weight is 364 g/mol. The van der Waals surface area contributed by atoms with Gasteiger partial charge in [0.2, 0.25) is 5.82 Å². The van der Waals surface area contributed by atoms with Crippen molar-refractivity contribution in [1.82, 2.24) is 24.5 Å². The lowest BCUT2D eigenvalue weighted by molar-refractivity contribution is 0.0730. The number of hydrogen-bond donors (Lipinski definition) is 0. The van der Waals surface area contributed by atoms with Gasteiger partial charge in [0.05, 0.1) is 6.04 Å². The summed E-state index contributed by atoms with van der Waals surface area (Å²) in [7, 11) is 1.68. The number of aryl methyl sites for hydroxylation is 1. The van der Waals surface area contributed by atoms with Gasteiger partial charge in [0.15, 0.2) is 0 Å². The van der Waals surface area contributed by atoms with Gasteiger partial charge >= 0.3 is 0 Å². The smallest absolute Gasteiger partial charge is 0.293 e. The van der Waals surface area contributed by atoms with Crippen molar-refractivity contribution in [3.8, 4) is 0 Å². The summed E-state index contributed by atoms with van der Waals surface area (Å²) in [4.78, 5) is 22.6. The van der Waals surface area contributed by atoms with E-state index in [9.17, 15) is 4.79 Å². The van der Waals surface area contributed by atoms with Crippen LogP contribution in [0, 0.1) is 6.92 Å². The first-order valence-electron chi connectivity index (χ1n) is 7.29. The first-order valence-corrected chi connectivity index (χ1v) is 8.04. The lowest BCUT2D eigenvalue weighted by atomic mass is 10.1. The van der Waals surface area contributed by atoms with E-state index in [0.29, 0.717) is 15.8 Å². The molecule has 6 nitrogen and oxygen atoms in total. The largest absolute Gasteiger partial charge is 0.332 e. The summed E-state index contributed by atoms with van der Waals surface area (Å²) in [6.45, 7) is 3.75. The lowest BCUT2D eigenvalue weighted by Gasteiger charge is -2.25. The van der Waals surface area contributed by atoms with Gasteiger partial charge < -0.3 is 4.90 Å². The standard InChI is InChI=1S/C16H15Cl2N5O/c1-9-6-7-19-16-20-14(21-23(9)16)15(24)22(3)10(2)12-5-4-11(17)8-13(12)18/h4-8,10H,1-3H3. The van der Waals surface area contributed by atoms with Gasteiger partial charge in [-0.25, -0.2) is 9.50 Å². The van der Waals surface area contributed by atoms with Gasteiger partial charge in [0, 0.05) is 29.0 Å². The molecule has 8 heteroatoms. The van der Waals surface area contributed by atoms with E-state index in [2.05, 4.69) is 15.1 Å². The maximum atomic E-state index is 12.7. The van der Waals surface area contributed by atoms with Crippen LogP contribution in [0.2, 0.25) is 10.0 Å². The van der Waals surface area contributed by atoms with Crippen molar-refractivity contribution in [2.75, 3.05) is 7.05 Å². The highest BCUT2D eigenvalue weighted by molar-refractivity contribution is 6.35. The zero-order chi connectivity index (χ0) is 17.4. The predicted octanol–water partition coefficient (Wildman–Crippen LogP) is 3.57. The Morgan fingerprint density at radius 2 is 2.04 bits per heavy atom. The molecule has 1 aromatic carbocycles. The van der Waals surface area contributed by atoms with Gasteiger partial charge in [-0.15, -0.1) is 5.10 Å². The van der Waals surface area contributed by atoms with Crippen LogP contribution in [0.25, 0.3) is 5.78 Å². The molecule has 2 aromatic heterocycles. The molecule has 0 spiro atoms. The molecule has 1 unspecified atom stereocenters. The molecule has 0 saturated heterocycles. The summed E-state index contributed by atoms with van der Waals surface area (Å²) in [5.41, 5.74) is 1.65. The van der Waals surface area contributed by atoms with Gasteiger partial charge in [-0.2, -0.15) is 4.98 Å². The minimum absolute atomic E-state index is 0.0937. The number of carbonyl (C=O) groups is 1. The molecule has 0 aliphatic carbocycles. The molecule has 24 heavy (non-hydrogen) atoms. The summed E-state index contributed by atoms with van der Waals surface area (Å²) >= 11 is 12.2. The number of fused-ring (bicyclic) bond motifs is 1. The number of carbonyl (C=O) groups excluding carboxylic acids is 1. The number of benzene rings is 1. The van der Waals surface area contributed by atoms with E-state index in [4.69, 9.17) is 23.2 Å². The first kappa shape index (κ1) is 16.7. The van der Waals surface area contributed by atoms with Crippen LogP contribution in [0.1, 0.15) is 34.8 Å². The molecular formula is C16H15Cl2N5O. The Morgan fingerprint density at radius 1 is 1.29 bits per heavy atom. The molecule has 3 rings (SSSR count). The van der Waals surface area contributed by atoms with Crippen LogP contribution < -0.4 is 0 Å². The summed E-state index contributed by atoms with van der Waals surface area (Å²) in [5.74, 6) is 0.179. The zero-order valence-corrected chi connectivity index (χ0v) is 14.9. The van der Waals surface area contributed by atoms with E-state index >= 15 is 0 Å². The van der Waals surface area contributed by atoms with Crippen molar-refractivity contribution in [1.29, 1.82) is 0 Å². The predicted molar refractivity (Wildman–Crippen MR) is 92.5 cm³/mol. The van der Waals surface area contributed by atoms with Crippen LogP contribution >= 0.6 is 23.2 Å². The van der Waals surface area contributed by atoms with Crippen molar-refractivity contribution in [2.24, 2.45) is 0 Å². The second kappa shape index (κ2) is 6.37. The monoisotopic (exact) mass is 363 g/mol. The van der Waals surface area contributed by atoms with Gasteiger partial charge in [0.25, 0.3) is 11.7 Å². The van der Waals surface area contributed by atoms with Gasteiger partial charge in [-0.05, 0) is 37.6 Å². The Labute approximate surface area is 149 Å². The third kappa shape index (κ3) is 2.95. The Balaban J connectivity index is 1.91. The molecule has 1 atom stereocenters. The Bertz CT molecular complexity index is 924. The molecule has 0 bridgehead atoms. The van der Waals surface area contributed by atoms with Crippen LogP contribution in [0.4, 0.5) is 0 Å². The van der Waals surface area contributed by atoms with Crippen molar-refractivity contribution >= 4 is 34.9 Å². The fourth-order valence-electron chi connectivity index (χ4n) is 2.38. The van der Waals surface area contributed by atoms with Crippen LogP contribution in [0.5, 0.6) is 0 Å². The number of nitrogens with zero attached hydrogens (tertiary/aromatic N) is 5. The molecule has 0 fully saturated rings. The van der Waals surface area contributed by atoms with Crippen LogP contribution in [0.3, 0.4) is 0 Å². The number of amides is 1. The maximum absolute atomic E-state index is 12.7.